The standard InChI is InChI=1S/C22H21Cl2N3OS2/c1-13-8-10-27(11-9-13)17-5-3-2-4-16(17)25-22(29)26-21(28)20-19(24)15-7-6-14(23)12-18(15)30-20/h2-7,12-13H,8-11H2,1H3,(H2,25,26,28,29). The molecular weight excluding hydrogens is 457 g/mol. The number of benzene rings is 2. The summed E-state index contributed by atoms with van der Waals surface area (Å²) in [4.78, 5) is 15.6. The van der Waals surface area contributed by atoms with Gasteiger partial charge in [0, 0.05) is 28.2 Å². The van der Waals surface area contributed by atoms with Crippen LogP contribution in [0.5, 0.6) is 0 Å². The van der Waals surface area contributed by atoms with E-state index in [9.17, 15) is 4.79 Å². The number of nitrogens with one attached hydrogen (secondary N) is 2. The number of para-hydroxylation sites is 2. The molecule has 2 N–H and O–H groups in total. The highest BCUT2D eigenvalue weighted by atomic mass is 35.5. The topological polar surface area (TPSA) is 44.4 Å². The molecule has 4 nitrogen and oxygen atoms in total. The molecule has 0 spiro atoms. The third-order valence-corrected chi connectivity index (χ3v) is 7.40. The van der Waals surface area contributed by atoms with Gasteiger partial charge >= 0.3 is 0 Å². The van der Waals surface area contributed by atoms with Gasteiger partial charge in [0.1, 0.15) is 4.88 Å². The average Bonchev–Trinajstić information content (AvgIpc) is 3.05. The minimum absolute atomic E-state index is 0.240. The number of fused-ring (bicyclic) bond motifs is 1. The molecule has 1 aromatic heterocycles. The van der Waals surface area contributed by atoms with E-state index < -0.39 is 0 Å². The van der Waals surface area contributed by atoms with Crippen LogP contribution in [0.3, 0.4) is 0 Å². The van der Waals surface area contributed by atoms with E-state index in [4.69, 9.17) is 35.4 Å². The minimum atomic E-state index is -0.334. The summed E-state index contributed by atoms with van der Waals surface area (Å²) in [5.41, 5.74) is 1.97. The number of anilines is 2. The van der Waals surface area contributed by atoms with Gasteiger partial charge in [0.05, 0.1) is 16.4 Å². The molecule has 0 saturated carbocycles. The maximum atomic E-state index is 12.8. The second-order valence-electron chi connectivity index (χ2n) is 7.48. The van der Waals surface area contributed by atoms with Crippen LogP contribution in [0.25, 0.3) is 10.1 Å². The lowest BCUT2D eigenvalue weighted by Crippen LogP contribution is -2.36. The number of hydrogen-bond donors (Lipinski definition) is 2. The summed E-state index contributed by atoms with van der Waals surface area (Å²) in [6.07, 6.45) is 2.34. The van der Waals surface area contributed by atoms with E-state index in [1.165, 1.54) is 24.2 Å². The Hall–Kier alpha value is -1.86. The first-order valence-electron chi connectivity index (χ1n) is 9.76. The molecule has 0 aliphatic carbocycles. The van der Waals surface area contributed by atoms with Gasteiger partial charge < -0.3 is 10.2 Å². The molecule has 0 bridgehead atoms. The Kier molecular flexibility index (Phi) is 6.48. The van der Waals surface area contributed by atoms with E-state index >= 15 is 0 Å². The van der Waals surface area contributed by atoms with Crippen molar-refractivity contribution < 1.29 is 4.79 Å². The highest BCUT2D eigenvalue weighted by molar-refractivity contribution is 7.80. The third-order valence-electron chi connectivity index (χ3n) is 5.30. The lowest BCUT2D eigenvalue weighted by Gasteiger charge is -2.33. The number of amides is 1. The highest BCUT2D eigenvalue weighted by Crippen LogP contribution is 2.36. The number of halogens is 2. The van der Waals surface area contributed by atoms with Gasteiger partial charge in [0.15, 0.2) is 5.11 Å². The fourth-order valence-electron chi connectivity index (χ4n) is 3.60. The Morgan fingerprint density at radius 3 is 2.67 bits per heavy atom. The van der Waals surface area contributed by atoms with Crippen LogP contribution in [0.4, 0.5) is 11.4 Å². The number of thiocarbonyl (C=S) groups is 1. The first-order chi connectivity index (χ1) is 14.4. The first-order valence-corrected chi connectivity index (χ1v) is 11.7. The Morgan fingerprint density at radius 1 is 1.17 bits per heavy atom. The van der Waals surface area contributed by atoms with E-state index in [1.54, 1.807) is 12.1 Å². The quantitative estimate of drug-likeness (QED) is 0.418. The van der Waals surface area contributed by atoms with Gasteiger partial charge in [-0.25, -0.2) is 0 Å². The van der Waals surface area contributed by atoms with Crippen LogP contribution < -0.4 is 15.5 Å². The lowest BCUT2D eigenvalue weighted by molar-refractivity contribution is 0.0982. The molecule has 4 rings (SSSR count). The molecule has 3 aromatic rings. The lowest BCUT2D eigenvalue weighted by atomic mass is 9.98. The Morgan fingerprint density at radius 2 is 1.90 bits per heavy atom. The molecule has 2 heterocycles. The van der Waals surface area contributed by atoms with Crippen LogP contribution in [-0.4, -0.2) is 24.1 Å². The number of hydrogen-bond acceptors (Lipinski definition) is 4. The van der Waals surface area contributed by atoms with Crippen molar-refractivity contribution in [2.75, 3.05) is 23.3 Å². The molecule has 1 fully saturated rings. The van der Waals surface area contributed by atoms with Crippen LogP contribution in [0.2, 0.25) is 10.0 Å². The summed E-state index contributed by atoms with van der Waals surface area (Å²) in [6.45, 7) is 4.32. The zero-order valence-electron chi connectivity index (χ0n) is 16.4. The molecule has 1 aliphatic heterocycles. The van der Waals surface area contributed by atoms with Gasteiger partial charge in [-0.05, 0) is 55.2 Å². The van der Waals surface area contributed by atoms with Crippen LogP contribution in [0.1, 0.15) is 29.4 Å². The van der Waals surface area contributed by atoms with Gasteiger partial charge in [-0.3, -0.25) is 10.1 Å². The van der Waals surface area contributed by atoms with E-state index in [0.717, 1.165) is 40.5 Å². The van der Waals surface area contributed by atoms with E-state index in [1.807, 2.05) is 24.3 Å². The molecule has 30 heavy (non-hydrogen) atoms. The SMILES string of the molecule is CC1CCN(c2ccccc2NC(=S)NC(=O)c2sc3cc(Cl)ccc3c2Cl)CC1. The second-order valence-corrected chi connectivity index (χ2v) is 9.76. The summed E-state index contributed by atoms with van der Waals surface area (Å²) in [6, 6.07) is 13.4. The largest absolute Gasteiger partial charge is 0.370 e. The van der Waals surface area contributed by atoms with Crippen molar-refractivity contribution in [3.8, 4) is 0 Å². The van der Waals surface area contributed by atoms with E-state index in [0.29, 0.717) is 14.9 Å². The zero-order chi connectivity index (χ0) is 21.3. The fourth-order valence-corrected chi connectivity index (χ4v) is 5.49. The third kappa shape index (κ3) is 4.57. The van der Waals surface area contributed by atoms with E-state index in [2.05, 4.69) is 28.5 Å². The molecule has 0 atom stereocenters. The molecule has 1 amide bonds. The van der Waals surface area contributed by atoms with Crippen molar-refractivity contribution in [1.82, 2.24) is 5.32 Å². The molecule has 2 aromatic carbocycles. The van der Waals surface area contributed by atoms with Gasteiger partial charge in [-0.1, -0.05) is 48.3 Å². The number of nitrogens with zero attached hydrogens (tertiary/aromatic N) is 1. The minimum Gasteiger partial charge on any atom is -0.370 e. The maximum absolute atomic E-state index is 12.8. The fraction of sp³-hybridized carbons (Fsp3) is 0.273. The smallest absolute Gasteiger partial charge is 0.269 e. The molecule has 156 valence electrons. The molecule has 1 saturated heterocycles. The Bertz CT molecular complexity index is 1110. The highest BCUT2D eigenvalue weighted by Gasteiger charge is 2.20. The molecule has 0 unspecified atom stereocenters. The second kappa shape index (κ2) is 9.10. The molecule has 1 aliphatic rings. The molecular formula is C22H21Cl2N3OS2. The van der Waals surface area contributed by atoms with Gasteiger partial charge in [-0.2, -0.15) is 0 Å². The van der Waals surface area contributed by atoms with Crippen LogP contribution in [0, 0.1) is 5.92 Å². The summed E-state index contributed by atoms with van der Waals surface area (Å²) >= 11 is 19.2. The number of carbonyl (C=O) groups excluding carboxylic acids is 1. The number of thiophene rings is 1. The summed E-state index contributed by atoms with van der Waals surface area (Å²) in [5.74, 6) is 0.418. The number of rotatable bonds is 3. The van der Waals surface area contributed by atoms with Gasteiger partial charge in [0.2, 0.25) is 0 Å². The van der Waals surface area contributed by atoms with Crippen molar-refractivity contribution in [2.45, 2.75) is 19.8 Å². The van der Waals surface area contributed by atoms with Crippen molar-refractivity contribution in [3.63, 3.8) is 0 Å². The van der Waals surface area contributed by atoms with Crippen molar-refractivity contribution in [1.29, 1.82) is 0 Å². The monoisotopic (exact) mass is 477 g/mol. The summed E-state index contributed by atoms with van der Waals surface area (Å²) < 4.78 is 0.862. The normalized spacial score (nSPS) is 14.7. The number of piperidine rings is 1. The van der Waals surface area contributed by atoms with E-state index in [-0.39, 0.29) is 11.0 Å². The summed E-state index contributed by atoms with van der Waals surface area (Å²) in [5, 5.41) is 8.00. The van der Waals surface area contributed by atoms with Crippen molar-refractivity contribution in [2.24, 2.45) is 5.92 Å². The van der Waals surface area contributed by atoms with Gasteiger partial charge in [-0.15, -0.1) is 11.3 Å². The van der Waals surface area contributed by atoms with Crippen LogP contribution in [0.15, 0.2) is 42.5 Å². The average molecular weight is 478 g/mol. The zero-order valence-corrected chi connectivity index (χ0v) is 19.5. The first kappa shape index (κ1) is 21.4. The Labute approximate surface area is 195 Å². The van der Waals surface area contributed by atoms with Crippen LogP contribution >= 0.6 is 46.8 Å². The van der Waals surface area contributed by atoms with Gasteiger partial charge in [0.25, 0.3) is 5.91 Å². The predicted octanol–water partition coefficient (Wildman–Crippen LogP) is 6.57. The maximum Gasteiger partial charge on any atom is 0.269 e. The molecule has 8 heteroatoms. The molecule has 0 radical (unpaired) electrons. The van der Waals surface area contributed by atoms with Crippen LogP contribution in [-0.2, 0) is 0 Å². The number of carbonyl (C=O) groups is 1. The predicted molar refractivity (Wildman–Crippen MR) is 133 cm³/mol. The Balaban J connectivity index is 1.48. The van der Waals surface area contributed by atoms with Crippen molar-refractivity contribution in [3.05, 3.63) is 57.4 Å². The summed E-state index contributed by atoms with van der Waals surface area (Å²) in [7, 11) is 0. The van der Waals surface area contributed by atoms with Crippen molar-refractivity contribution >= 4 is 79.2 Å².